The SMILES string of the molecule is CC1(C)CC1c1noc(C2C(C#N)C2(C)C)n1. The highest BCUT2D eigenvalue weighted by molar-refractivity contribution is 5.27. The number of nitrogens with zero attached hydrogens (tertiary/aromatic N) is 3. The Balaban J connectivity index is 1.82. The third kappa shape index (κ3) is 1.41. The highest BCUT2D eigenvalue weighted by Crippen LogP contribution is 2.64. The molecule has 1 aromatic heterocycles. The first kappa shape index (κ1) is 10.8. The number of nitriles is 1. The van der Waals surface area contributed by atoms with Crippen molar-refractivity contribution in [1.82, 2.24) is 10.1 Å². The molecule has 0 aliphatic heterocycles. The van der Waals surface area contributed by atoms with E-state index in [1.807, 2.05) is 0 Å². The Labute approximate surface area is 101 Å². The van der Waals surface area contributed by atoms with E-state index in [1.165, 1.54) is 0 Å². The zero-order valence-electron chi connectivity index (χ0n) is 10.7. The van der Waals surface area contributed by atoms with Crippen molar-refractivity contribution in [3.05, 3.63) is 11.7 Å². The van der Waals surface area contributed by atoms with Crippen molar-refractivity contribution in [2.75, 3.05) is 0 Å². The molecule has 0 radical (unpaired) electrons. The van der Waals surface area contributed by atoms with Gasteiger partial charge in [0.15, 0.2) is 5.82 Å². The van der Waals surface area contributed by atoms with Crippen LogP contribution in [0.4, 0.5) is 0 Å². The van der Waals surface area contributed by atoms with Gasteiger partial charge in [0.05, 0.1) is 17.9 Å². The Morgan fingerprint density at radius 1 is 1.35 bits per heavy atom. The second kappa shape index (κ2) is 2.90. The van der Waals surface area contributed by atoms with Crippen molar-refractivity contribution >= 4 is 0 Å². The fraction of sp³-hybridized carbons (Fsp3) is 0.769. The van der Waals surface area contributed by atoms with Gasteiger partial charge in [0.1, 0.15) is 0 Å². The minimum Gasteiger partial charge on any atom is -0.339 e. The summed E-state index contributed by atoms with van der Waals surface area (Å²) in [7, 11) is 0. The Bertz CT molecular complexity index is 509. The molecule has 4 nitrogen and oxygen atoms in total. The van der Waals surface area contributed by atoms with E-state index >= 15 is 0 Å². The van der Waals surface area contributed by atoms with Crippen LogP contribution >= 0.6 is 0 Å². The first-order chi connectivity index (χ1) is 7.88. The second-order valence-corrected chi connectivity index (χ2v) is 6.64. The van der Waals surface area contributed by atoms with E-state index in [1.54, 1.807) is 0 Å². The molecule has 0 N–H and O–H groups in total. The van der Waals surface area contributed by atoms with Gasteiger partial charge in [0.2, 0.25) is 5.89 Å². The van der Waals surface area contributed by atoms with Gasteiger partial charge in [-0.25, -0.2) is 0 Å². The minimum atomic E-state index is -0.0162. The van der Waals surface area contributed by atoms with Crippen LogP contribution in [0.2, 0.25) is 0 Å². The molecule has 1 heterocycles. The Morgan fingerprint density at radius 2 is 2.00 bits per heavy atom. The minimum absolute atomic E-state index is 0.0162. The predicted octanol–water partition coefficient (Wildman–Crippen LogP) is 2.85. The van der Waals surface area contributed by atoms with Crippen LogP contribution < -0.4 is 0 Å². The molecule has 1 aromatic rings. The van der Waals surface area contributed by atoms with Crippen molar-refractivity contribution in [3.8, 4) is 6.07 Å². The van der Waals surface area contributed by atoms with Gasteiger partial charge in [-0.2, -0.15) is 10.2 Å². The largest absolute Gasteiger partial charge is 0.339 e. The second-order valence-electron chi connectivity index (χ2n) is 6.64. The van der Waals surface area contributed by atoms with Gasteiger partial charge in [0.25, 0.3) is 0 Å². The summed E-state index contributed by atoms with van der Waals surface area (Å²) in [4.78, 5) is 4.49. The van der Waals surface area contributed by atoms with Gasteiger partial charge in [-0.3, -0.25) is 0 Å². The third-order valence-electron chi connectivity index (χ3n) is 4.52. The van der Waals surface area contributed by atoms with Crippen LogP contribution in [0.5, 0.6) is 0 Å². The van der Waals surface area contributed by atoms with E-state index in [0.717, 1.165) is 12.2 Å². The standard InChI is InChI=1S/C13H17N3O/c1-12(2)5-7(12)10-15-11(17-16-10)9-8(6-14)13(9,3)4/h7-9H,5H2,1-4H3. The lowest BCUT2D eigenvalue weighted by Gasteiger charge is -1.96. The van der Waals surface area contributed by atoms with Crippen LogP contribution in [0.15, 0.2) is 4.52 Å². The fourth-order valence-electron chi connectivity index (χ4n) is 2.76. The van der Waals surface area contributed by atoms with Crippen LogP contribution in [0.1, 0.15) is 57.7 Å². The zero-order chi connectivity index (χ0) is 12.4. The van der Waals surface area contributed by atoms with Crippen molar-refractivity contribution < 1.29 is 4.52 Å². The Hall–Kier alpha value is -1.37. The average molecular weight is 231 g/mol. The molecule has 90 valence electrons. The molecule has 17 heavy (non-hydrogen) atoms. The number of hydrogen-bond acceptors (Lipinski definition) is 4. The topological polar surface area (TPSA) is 62.7 Å². The summed E-state index contributed by atoms with van der Waals surface area (Å²) < 4.78 is 5.34. The summed E-state index contributed by atoms with van der Waals surface area (Å²) in [5, 5.41) is 13.1. The molecule has 4 heteroatoms. The maximum atomic E-state index is 9.04. The van der Waals surface area contributed by atoms with Crippen molar-refractivity contribution in [2.45, 2.75) is 46.0 Å². The van der Waals surface area contributed by atoms with Crippen LogP contribution in [-0.2, 0) is 0 Å². The molecule has 0 saturated heterocycles. The van der Waals surface area contributed by atoms with Gasteiger partial charge in [0, 0.05) is 5.92 Å². The van der Waals surface area contributed by atoms with E-state index in [4.69, 9.17) is 9.78 Å². The number of rotatable bonds is 2. The number of hydrogen-bond donors (Lipinski definition) is 0. The first-order valence-corrected chi connectivity index (χ1v) is 6.11. The zero-order valence-corrected chi connectivity index (χ0v) is 10.7. The quantitative estimate of drug-likeness (QED) is 0.785. The summed E-state index contributed by atoms with van der Waals surface area (Å²) in [5.74, 6) is 2.05. The van der Waals surface area contributed by atoms with E-state index in [9.17, 15) is 0 Å². The fourth-order valence-corrected chi connectivity index (χ4v) is 2.76. The molecule has 2 aliphatic rings. The van der Waals surface area contributed by atoms with Crippen LogP contribution in [0.25, 0.3) is 0 Å². The van der Waals surface area contributed by atoms with Gasteiger partial charge < -0.3 is 4.52 Å². The molecule has 0 aromatic carbocycles. The molecular formula is C13H17N3O. The lowest BCUT2D eigenvalue weighted by Crippen LogP contribution is -1.93. The third-order valence-corrected chi connectivity index (χ3v) is 4.52. The highest BCUT2D eigenvalue weighted by Gasteiger charge is 2.62. The summed E-state index contributed by atoms with van der Waals surface area (Å²) in [6, 6.07) is 2.32. The van der Waals surface area contributed by atoms with Crippen LogP contribution in [-0.4, -0.2) is 10.1 Å². The predicted molar refractivity (Wildman–Crippen MR) is 61.1 cm³/mol. The summed E-state index contributed by atoms with van der Waals surface area (Å²) in [6.45, 7) is 8.59. The van der Waals surface area contributed by atoms with Gasteiger partial charge in [-0.1, -0.05) is 32.9 Å². The summed E-state index contributed by atoms with van der Waals surface area (Å²) >= 11 is 0. The maximum absolute atomic E-state index is 9.04. The molecule has 0 spiro atoms. The average Bonchev–Trinajstić information content (AvgIpc) is 2.91. The van der Waals surface area contributed by atoms with Crippen molar-refractivity contribution in [3.63, 3.8) is 0 Å². The van der Waals surface area contributed by atoms with E-state index in [2.05, 4.69) is 43.9 Å². The highest BCUT2D eigenvalue weighted by atomic mass is 16.5. The van der Waals surface area contributed by atoms with Crippen molar-refractivity contribution in [1.29, 1.82) is 5.26 Å². The maximum Gasteiger partial charge on any atom is 0.231 e. The lowest BCUT2D eigenvalue weighted by molar-refractivity contribution is 0.361. The molecule has 2 fully saturated rings. The lowest BCUT2D eigenvalue weighted by atomic mass is 10.1. The summed E-state index contributed by atoms with van der Waals surface area (Å²) in [5.41, 5.74) is 0.298. The van der Waals surface area contributed by atoms with Crippen LogP contribution in [0, 0.1) is 28.1 Å². The smallest absolute Gasteiger partial charge is 0.231 e. The van der Waals surface area contributed by atoms with Gasteiger partial charge in [-0.05, 0) is 17.3 Å². The Morgan fingerprint density at radius 3 is 2.47 bits per heavy atom. The number of aromatic nitrogens is 2. The summed E-state index contributed by atoms with van der Waals surface area (Å²) in [6.07, 6.45) is 1.13. The monoisotopic (exact) mass is 231 g/mol. The van der Waals surface area contributed by atoms with Gasteiger partial charge in [-0.15, -0.1) is 0 Å². The molecule has 3 atom stereocenters. The molecule has 3 rings (SSSR count). The molecule has 2 aliphatic carbocycles. The molecule has 3 unspecified atom stereocenters. The van der Waals surface area contributed by atoms with E-state index in [0.29, 0.717) is 17.2 Å². The van der Waals surface area contributed by atoms with Crippen LogP contribution in [0.3, 0.4) is 0 Å². The molecule has 2 saturated carbocycles. The first-order valence-electron chi connectivity index (χ1n) is 6.11. The van der Waals surface area contributed by atoms with E-state index < -0.39 is 0 Å². The van der Waals surface area contributed by atoms with Crippen molar-refractivity contribution in [2.24, 2.45) is 16.7 Å². The molecule has 0 amide bonds. The molecule has 0 bridgehead atoms. The molecular weight excluding hydrogens is 214 g/mol. The van der Waals surface area contributed by atoms with Gasteiger partial charge >= 0.3 is 0 Å². The normalized spacial score (nSPS) is 36.3. The Kier molecular flexibility index (Phi) is 1.83. The van der Waals surface area contributed by atoms with E-state index in [-0.39, 0.29) is 17.3 Å².